The van der Waals surface area contributed by atoms with Gasteiger partial charge in [-0.25, -0.2) is 0 Å². The standard InChI is InChI=1S/C13H23N/c1-2-3-4-9-13(14)11-10-12-7-5-6-8-12/h1,12-13H,3-11,14H2. The molecule has 0 aliphatic heterocycles. The van der Waals surface area contributed by atoms with Crippen LogP contribution in [0.3, 0.4) is 0 Å². The van der Waals surface area contributed by atoms with Gasteiger partial charge < -0.3 is 5.73 Å². The maximum atomic E-state index is 6.02. The van der Waals surface area contributed by atoms with E-state index in [1.54, 1.807) is 0 Å². The topological polar surface area (TPSA) is 26.0 Å². The van der Waals surface area contributed by atoms with Crippen molar-refractivity contribution in [2.75, 3.05) is 0 Å². The van der Waals surface area contributed by atoms with Gasteiger partial charge in [0, 0.05) is 12.5 Å². The molecule has 1 saturated carbocycles. The average Bonchev–Trinajstić information content (AvgIpc) is 2.68. The third kappa shape index (κ3) is 4.67. The molecule has 0 bridgehead atoms. The molecule has 1 aliphatic carbocycles. The molecule has 0 aromatic rings. The summed E-state index contributed by atoms with van der Waals surface area (Å²) in [5.41, 5.74) is 6.02. The molecular formula is C13H23N. The summed E-state index contributed by atoms with van der Waals surface area (Å²) in [5, 5.41) is 0. The monoisotopic (exact) mass is 193 g/mol. The summed E-state index contributed by atoms with van der Waals surface area (Å²) in [6.45, 7) is 0. The van der Waals surface area contributed by atoms with Gasteiger partial charge in [-0.3, -0.25) is 0 Å². The molecule has 2 N–H and O–H groups in total. The van der Waals surface area contributed by atoms with Crippen molar-refractivity contribution < 1.29 is 0 Å². The molecular weight excluding hydrogens is 170 g/mol. The second-order valence-electron chi connectivity index (χ2n) is 4.58. The Labute approximate surface area is 88.5 Å². The summed E-state index contributed by atoms with van der Waals surface area (Å²) in [7, 11) is 0. The van der Waals surface area contributed by atoms with Crippen LogP contribution in [-0.4, -0.2) is 6.04 Å². The van der Waals surface area contributed by atoms with Crippen LogP contribution in [0.5, 0.6) is 0 Å². The van der Waals surface area contributed by atoms with Gasteiger partial charge in [0.05, 0.1) is 0 Å². The normalized spacial score (nSPS) is 19.4. The second kappa shape index (κ2) is 6.90. The smallest absolute Gasteiger partial charge is 0.00866 e. The molecule has 80 valence electrons. The van der Waals surface area contributed by atoms with Crippen molar-refractivity contribution in [1.82, 2.24) is 0 Å². The summed E-state index contributed by atoms with van der Waals surface area (Å²) < 4.78 is 0. The summed E-state index contributed by atoms with van der Waals surface area (Å²) >= 11 is 0. The highest BCUT2D eigenvalue weighted by atomic mass is 14.6. The van der Waals surface area contributed by atoms with E-state index in [2.05, 4.69) is 5.92 Å². The van der Waals surface area contributed by atoms with Gasteiger partial charge in [-0.1, -0.05) is 25.7 Å². The number of hydrogen-bond acceptors (Lipinski definition) is 1. The maximum Gasteiger partial charge on any atom is 0.00866 e. The molecule has 1 fully saturated rings. The van der Waals surface area contributed by atoms with Crippen LogP contribution in [0.4, 0.5) is 0 Å². The molecule has 1 atom stereocenters. The first kappa shape index (κ1) is 11.6. The highest BCUT2D eigenvalue weighted by Crippen LogP contribution is 2.29. The van der Waals surface area contributed by atoms with Crippen LogP contribution < -0.4 is 5.73 Å². The molecule has 0 aromatic carbocycles. The second-order valence-corrected chi connectivity index (χ2v) is 4.58. The van der Waals surface area contributed by atoms with E-state index in [1.165, 1.54) is 38.5 Å². The minimum absolute atomic E-state index is 0.393. The lowest BCUT2D eigenvalue weighted by atomic mass is 9.96. The van der Waals surface area contributed by atoms with Crippen molar-refractivity contribution in [3.63, 3.8) is 0 Å². The molecule has 14 heavy (non-hydrogen) atoms. The quantitative estimate of drug-likeness (QED) is 0.509. The van der Waals surface area contributed by atoms with E-state index in [1.807, 2.05) is 0 Å². The number of rotatable bonds is 6. The van der Waals surface area contributed by atoms with Crippen LogP contribution in [0, 0.1) is 18.3 Å². The molecule has 0 heterocycles. The third-order valence-corrected chi connectivity index (χ3v) is 3.32. The lowest BCUT2D eigenvalue weighted by Gasteiger charge is -2.13. The van der Waals surface area contributed by atoms with Crippen molar-refractivity contribution in [2.24, 2.45) is 11.7 Å². The third-order valence-electron chi connectivity index (χ3n) is 3.32. The highest BCUT2D eigenvalue weighted by Gasteiger charge is 2.15. The summed E-state index contributed by atoms with van der Waals surface area (Å²) in [5.74, 6) is 3.64. The molecule has 1 heteroatoms. The first-order valence-corrected chi connectivity index (χ1v) is 6.02. The predicted molar refractivity (Wildman–Crippen MR) is 61.9 cm³/mol. The van der Waals surface area contributed by atoms with Gasteiger partial charge >= 0.3 is 0 Å². The van der Waals surface area contributed by atoms with E-state index in [9.17, 15) is 0 Å². The van der Waals surface area contributed by atoms with E-state index in [4.69, 9.17) is 12.2 Å². The zero-order valence-electron chi connectivity index (χ0n) is 9.17. The Morgan fingerprint density at radius 3 is 2.64 bits per heavy atom. The van der Waals surface area contributed by atoms with E-state index in [-0.39, 0.29) is 0 Å². The van der Waals surface area contributed by atoms with Crippen molar-refractivity contribution in [3.8, 4) is 12.3 Å². The fraction of sp³-hybridized carbons (Fsp3) is 0.846. The molecule has 1 nitrogen and oxygen atoms in total. The van der Waals surface area contributed by atoms with Gasteiger partial charge in [-0.2, -0.15) is 0 Å². The molecule has 1 aliphatic rings. The van der Waals surface area contributed by atoms with Gasteiger partial charge in [-0.05, 0) is 31.6 Å². The van der Waals surface area contributed by atoms with Gasteiger partial charge in [0.2, 0.25) is 0 Å². The first-order chi connectivity index (χ1) is 6.83. The Hall–Kier alpha value is -0.480. The molecule has 0 spiro atoms. The van der Waals surface area contributed by atoms with E-state index in [0.29, 0.717) is 6.04 Å². The largest absolute Gasteiger partial charge is 0.328 e. The first-order valence-electron chi connectivity index (χ1n) is 6.02. The van der Waals surface area contributed by atoms with Crippen LogP contribution in [0.15, 0.2) is 0 Å². The van der Waals surface area contributed by atoms with Crippen LogP contribution in [0.1, 0.15) is 57.8 Å². The van der Waals surface area contributed by atoms with Crippen molar-refractivity contribution in [3.05, 3.63) is 0 Å². The molecule has 1 rings (SSSR count). The molecule has 1 unspecified atom stereocenters. The summed E-state index contributed by atoms with van der Waals surface area (Å²) in [6.07, 6.45) is 16.6. The van der Waals surface area contributed by atoms with Gasteiger partial charge in [-0.15, -0.1) is 12.3 Å². The average molecular weight is 193 g/mol. The van der Waals surface area contributed by atoms with Gasteiger partial charge in [0.1, 0.15) is 0 Å². The van der Waals surface area contributed by atoms with E-state index < -0.39 is 0 Å². The number of unbranched alkanes of at least 4 members (excludes halogenated alkanes) is 1. The minimum Gasteiger partial charge on any atom is -0.328 e. The SMILES string of the molecule is C#CCCCC(N)CCC1CCCC1. The number of hydrogen-bond donors (Lipinski definition) is 1. The Balaban J connectivity index is 1.97. The molecule has 0 amide bonds. The van der Waals surface area contributed by atoms with Crippen LogP contribution in [0.2, 0.25) is 0 Å². The Kier molecular flexibility index (Phi) is 5.71. The van der Waals surface area contributed by atoms with Gasteiger partial charge in [0.25, 0.3) is 0 Å². The van der Waals surface area contributed by atoms with Crippen LogP contribution >= 0.6 is 0 Å². The number of terminal acetylenes is 1. The molecule has 0 aromatic heterocycles. The Morgan fingerprint density at radius 1 is 1.29 bits per heavy atom. The zero-order valence-corrected chi connectivity index (χ0v) is 9.17. The highest BCUT2D eigenvalue weighted by molar-refractivity contribution is 4.83. The minimum atomic E-state index is 0.393. The molecule has 0 saturated heterocycles. The van der Waals surface area contributed by atoms with E-state index >= 15 is 0 Å². The fourth-order valence-corrected chi connectivity index (χ4v) is 2.36. The Bertz CT molecular complexity index is 174. The Morgan fingerprint density at radius 2 is 2.00 bits per heavy atom. The van der Waals surface area contributed by atoms with Crippen LogP contribution in [-0.2, 0) is 0 Å². The predicted octanol–water partition coefficient (Wildman–Crippen LogP) is 3.09. The fourth-order valence-electron chi connectivity index (χ4n) is 2.36. The van der Waals surface area contributed by atoms with Crippen molar-refractivity contribution in [1.29, 1.82) is 0 Å². The lowest BCUT2D eigenvalue weighted by molar-refractivity contribution is 0.433. The van der Waals surface area contributed by atoms with Crippen molar-refractivity contribution >= 4 is 0 Å². The zero-order chi connectivity index (χ0) is 10.2. The molecule has 0 radical (unpaired) electrons. The summed E-state index contributed by atoms with van der Waals surface area (Å²) in [6, 6.07) is 0.393. The van der Waals surface area contributed by atoms with E-state index in [0.717, 1.165) is 25.2 Å². The maximum absolute atomic E-state index is 6.02. The number of nitrogens with two attached hydrogens (primary N) is 1. The van der Waals surface area contributed by atoms with Crippen LogP contribution in [0.25, 0.3) is 0 Å². The van der Waals surface area contributed by atoms with Crippen molar-refractivity contribution in [2.45, 2.75) is 63.8 Å². The van der Waals surface area contributed by atoms with Gasteiger partial charge in [0.15, 0.2) is 0 Å². The lowest BCUT2D eigenvalue weighted by Crippen LogP contribution is -2.20. The summed E-state index contributed by atoms with van der Waals surface area (Å²) in [4.78, 5) is 0.